The number of nitrogens with one attached hydrogen (secondary N) is 1. The Balaban J connectivity index is 1.96. The van der Waals surface area contributed by atoms with Gasteiger partial charge in [0.2, 0.25) is 0 Å². The molecule has 0 spiro atoms. The summed E-state index contributed by atoms with van der Waals surface area (Å²) in [5.74, 6) is 0. The van der Waals surface area contributed by atoms with Crippen LogP contribution in [-0.2, 0) is 11.3 Å². The highest BCUT2D eigenvalue weighted by atomic mass is 16.5. The molecule has 1 aromatic rings. The highest BCUT2D eigenvalue weighted by Gasteiger charge is 2.20. The second-order valence-electron chi connectivity index (χ2n) is 5.30. The van der Waals surface area contributed by atoms with Crippen LogP contribution in [0.15, 0.2) is 23.1 Å². The molecule has 106 valence electrons. The standard InChI is InChI=1S/C15H24N2O2/c1-3-10-17-11-13(6-9-15(17)18)16-12-4-7-14(19-2)8-5-12/h6,9,11-12,14,16H,3-5,7-8,10H2,1-2H3. The van der Waals surface area contributed by atoms with E-state index in [1.165, 1.54) is 0 Å². The molecule has 1 fully saturated rings. The first-order chi connectivity index (χ1) is 9.22. The molecule has 19 heavy (non-hydrogen) atoms. The number of nitrogens with zero attached hydrogens (tertiary/aromatic N) is 1. The molecule has 0 saturated heterocycles. The van der Waals surface area contributed by atoms with Crippen LogP contribution in [0, 0.1) is 0 Å². The predicted octanol–water partition coefficient (Wildman–Crippen LogP) is 2.63. The van der Waals surface area contributed by atoms with Crippen molar-refractivity contribution in [3.8, 4) is 0 Å². The van der Waals surface area contributed by atoms with Crippen LogP contribution in [0.25, 0.3) is 0 Å². The van der Waals surface area contributed by atoms with E-state index in [2.05, 4.69) is 12.2 Å². The number of anilines is 1. The molecule has 1 aliphatic rings. The van der Waals surface area contributed by atoms with E-state index in [0.717, 1.165) is 44.3 Å². The second-order valence-corrected chi connectivity index (χ2v) is 5.30. The number of ether oxygens (including phenoxy) is 1. The molecule has 4 nitrogen and oxygen atoms in total. The van der Waals surface area contributed by atoms with Crippen LogP contribution >= 0.6 is 0 Å². The topological polar surface area (TPSA) is 43.3 Å². The number of aryl methyl sites for hydroxylation is 1. The van der Waals surface area contributed by atoms with E-state index in [0.29, 0.717) is 12.1 Å². The smallest absolute Gasteiger partial charge is 0.250 e. The van der Waals surface area contributed by atoms with Crippen molar-refractivity contribution in [2.45, 2.75) is 57.7 Å². The van der Waals surface area contributed by atoms with Crippen molar-refractivity contribution in [2.75, 3.05) is 12.4 Å². The van der Waals surface area contributed by atoms with Gasteiger partial charge in [-0.05, 0) is 38.2 Å². The molecule has 1 heterocycles. The van der Waals surface area contributed by atoms with E-state index in [1.807, 2.05) is 12.3 Å². The van der Waals surface area contributed by atoms with Crippen molar-refractivity contribution in [3.05, 3.63) is 28.7 Å². The Bertz CT molecular complexity index is 448. The lowest BCUT2D eigenvalue weighted by atomic mass is 9.93. The lowest BCUT2D eigenvalue weighted by Gasteiger charge is -2.29. The summed E-state index contributed by atoms with van der Waals surface area (Å²) in [6.45, 7) is 2.86. The average molecular weight is 264 g/mol. The van der Waals surface area contributed by atoms with Crippen molar-refractivity contribution in [2.24, 2.45) is 0 Å². The monoisotopic (exact) mass is 264 g/mol. The minimum atomic E-state index is 0.0792. The third kappa shape index (κ3) is 3.83. The van der Waals surface area contributed by atoms with E-state index in [4.69, 9.17) is 4.74 Å². The maximum absolute atomic E-state index is 11.7. The molecule has 2 rings (SSSR count). The van der Waals surface area contributed by atoms with E-state index in [1.54, 1.807) is 17.7 Å². The van der Waals surface area contributed by atoms with Gasteiger partial charge in [-0.15, -0.1) is 0 Å². The van der Waals surface area contributed by atoms with E-state index >= 15 is 0 Å². The Morgan fingerprint density at radius 2 is 2.05 bits per heavy atom. The summed E-state index contributed by atoms with van der Waals surface area (Å²) >= 11 is 0. The normalized spacial score (nSPS) is 23.3. The third-order valence-corrected chi connectivity index (χ3v) is 3.83. The van der Waals surface area contributed by atoms with Gasteiger partial charge in [0.05, 0.1) is 11.8 Å². The maximum Gasteiger partial charge on any atom is 0.250 e. The molecular formula is C15H24N2O2. The minimum absolute atomic E-state index is 0.0792. The third-order valence-electron chi connectivity index (χ3n) is 3.83. The Morgan fingerprint density at radius 3 is 2.68 bits per heavy atom. The predicted molar refractivity (Wildman–Crippen MR) is 77.7 cm³/mol. The molecule has 1 saturated carbocycles. The Morgan fingerprint density at radius 1 is 1.32 bits per heavy atom. The summed E-state index contributed by atoms with van der Waals surface area (Å²) < 4.78 is 7.16. The zero-order chi connectivity index (χ0) is 13.7. The van der Waals surface area contributed by atoms with Gasteiger partial charge < -0.3 is 14.6 Å². The molecule has 1 aromatic heterocycles. The van der Waals surface area contributed by atoms with Crippen LogP contribution in [-0.4, -0.2) is 23.8 Å². The van der Waals surface area contributed by atoms with E-state index in [-0.39, 0.29) is 5.56 Å². The van der Waals surface area contributed by atoms with Crippen molar-refractivity contribution in [3.63, 3.8) is 0 Å². The molecular weight excluding hydrogens is 240 g/mol. The molecule has 1 N–H and O–H groups in total. The van der Waals surface area contributed by atoms with Gasteiger partial charge in [-0.2, -0.15) is 0 Å². The van der Waals surface area contributed by atoms with E-state index in [9.17, 15) is 4.79 Å². The fourth-order valence-electron chi connectivity index (χ4n) is 2.71. The number of rotatable bonds is 5. The first-order valence-corrected chi connectivity index (χ1v) is 7.22. The van der Waals surface area contributed by atoms with Crippen molar-refractivity contribution in [1.82, 2.24) is 4.57 Å². The van der Waals surface area contributed by atoms with Crippen LogP contribution in [0.3, 0.4) is 0 Å². The van der Waals surface area contributed by atoms with Gasteiger partial charge in [-0.1, -0.05) is 6.92 Å². The quantitative estimate of drug-likeness (QED) is 0.889. The average Bonchev–Trinajstić information content (AvgIpc) is 2.44. The highest BCUT2D eigenvalue weighted by Crippen LogP contribution is 2.23. The first-order valence-electron chi connectivity index (χ1n) is 7.22. The molecule has 0 amide bonds. The molecule has 1 aliphatic carbocycles. The van der Waals surface area contributed by atoms with Crippen LogP contribution in [0.1, 0.15) is 39.0 Å². The fourth-order valence-corrected chi connectivity index (χ4v) is 2.71. The minimum Gasteiger partial charge on any atom is -0.381 e. The van der Waals surface area contributed by atoms with Gasteiger partial charge >= 0.3 is 0 Å². The Hall–Kier alpha value is -1.29. The van der Waals surface area contributed by atoms with Crippen molar-refractivity contribution < 1.29 is 4.74 Å². The summed E-state index contributed by atoms with van der Waals surface area (Å²) in [6, 6.07) is 4.04. The van der Waals surface area contributed by atoms with Gasteiger partial charge in [0.25, 0.3) is 5.56 Å². The molecule has 4 heteroatoms. The summed E-state index contributed by atoms with van der Waals surface area (Å²) in [4.78, 5) is 11.7. The number of hydrogen-bond acceptors (Lipinski definition) is 3. The van der Waals surface area contributed by atoms with Gasteiger partial charge in [0, 0.05) is 32.0 Å². The number of pyridine rings is 1. The molecule has 0 unspecified atom stereocenters. The summed E-state index contributed by atoms with van der Waals surface area (Å²) in [5, 5.41) is 3.54. The molecule has 0 radical (unpaired) electrons. The molecule has 0 bridgehead atoms. The van der Waals surface area contributed by atoms with E-state index < -0.39 is 0 Å². The lowest BCUT2D eigenvalue weighted by molar-refractivity contribution is 0.0682. The number of aromatic nitrogens is 1. The van der Waals surface area contributed by atoms with Crippen molar-refractivity contribution >= 4 is 5.69 Å². The molecule has 0 aromatic carbocycles. The maximum atomic E-state index is 11.7. The largest absolute Gasteiger partial charge is 0.381 e. The summed E-state index contributed by atoms with van der Waals surface area (Å²) in [7, 11) is 1.79. The number of methoxy groups -OCH3 is 1. The van der Waals surface area contributed by atoms with Crippen molar-refractivity contribution in [1.29, 1.82) is 0 Å². The van der Waals surface area contributed by atoms with Crippen LogP contribution in [0.2, 0.25) is 0 Å². The summed E-state index contributed by atoms with van der Waals surface area (Å²) in [6.07, 6.45) is 7.82. The molecule has 0 aliphatic heterocycles. The Kier molecular flexibility index (Phi) is 5.02. The molecule has 0 atom stereocenters. The van der Waals surface area contributed by atoms with Crippen LogP contribution in [0.5, 0.6) is 0 Å². The summed E-state index contributed by atoms with van der Waals surface area (Å²) in [5.41, 5.74) is 1.13. The zero-order valence-corrected chi connectivity index (χ0v) is 11.9. The highest BCUT2D eigenvalue weighted by molar-refractivity contribution is 5.41. The van der Waals surface area contributed by atoms with Gasteiger partial charge in [0.1, 0.15) is 0 Å². The first kappa shape index (κ1) is 14.1. The lowest BCUT2D eigenvalue weighted by Crippen LogP contribution is -2.30. The second kappa shape index (κ2) is 6.75. The SMILES string of the molecule is CCCn1cc(NC2CCC(OC)CC2)ccc1=O. The van der Waals surface area contributed by atoms with Gasteiger partial charge in [0.15, 0.2) is 0 Å². The zero-order valence-electron chi connectivity index (χ0n) is 11.9. The number of hydrogen-bond donors (Lipinski definition) is 1. The fraction of sp³-hybridized carbons (Fsp3) is 0.667. The van der Waals surface area contributed by atoms with Gasteiger partial charge in [-0.3, -0.25) is 4.79 Å². The van der Waals surface area contributed by atoms with Gasteiger partial charge in [-0.25, -0.2) is 0 Å². The Labute approximate surface area is 114 Å². The van der Waals surface area contributed by atoms with Crippen LogP contribution in [0.4, 0.5) is 5.69 Å². The van der Waals surface area contributed by atoms with Crippen LogP contribution < -0.4 is 10.9 Å².